The maximum Gasteiger partial charge on any atom is 0.226 e. The predicted octanol–water partition coefficient (Wildman–Crippen LogP) is 3.72. The molecule has 6 nitrogen and oxygen atoms in total. The van der Waals surface area contributed by atoms with E-state index in [0.29, 0.717) is 35.3 Å². The first-order chi connectivity index (χ1) is 11.9. The van der Waals surface area contributed by atoms with Crippen LogP contribution in [0, 0.1) is 0 Å². The third-order valence-corrected chi connectivity index (χ3v) is 4.13. The number of unbranched alkanes of at least 4 members (excludes halogenated alkanes) is 2. The van der Waals surface area contributed by atoms with E-state index >= 15 is 0 Å². The van der Waals surface area contributed by atoms with E-state index in [0.717, 1.165) is 19.3 Å². The second kappa shape index (κ2) is 10.8. The second-order valence-corrected chi connectivity index (χ2v) is 6.11. The quantitative estimate of drug-likeness (QED) is 0.637. The molecular formula is C18H27ClN2O4. The van der Waals surface area contributed by atoms with E-state index in [1.807, 2.05) is 0 Å². The molecule has 1 aromatic carbocycles. The number of halogens is 1. The van der Waals surface area contributed by atoms with Crippen molar-refractivity contribution in [3.63, 3.8) is 0 Å². The average Bonchev–Trinajstić information content (AvgIpc) is 2.58. The molecule has 25 heavy (non-hydrogen) atoms. The summed E-state index contributed by atoms with van der Waals surface area (Å²) in [5.74, 6) is 0.673. The van der Waals surface area contributed by atoms with Gasteiger partial charge in [-0.2, -0.15) is 0 Å². The van der Waals surface area contributed by atoms with Crippen molar-refractivity contribution in [2.45, 2.75) is 39.5 Å². The van der Waals surface area contributed by atoms with E-state index in [2.05, 4.69) is 12.2 Å². The molecule has 1 N–H and O–H groups in total. The number of anilines is 1. The van der Waals surface area contributed by atoms with Gasteiger partial charge in [0.25, 0.3) is 0 Å². The summed E-state index contributed by atoms with van der Waals surface area (Å²) in [5.41, 5.74) is 0.481. The predicted molar refractivity (Wildman–Crippen MR) is 99.6 cm³/mol. The summed E-state index contributed by atoms with van der Waals surface area (Å²) >= 11 is 6.05. The Bertz CT molecular complexity index is 593. The van der Waals surface area contributed by atoms with Crippen molar-refractivity contribution in [1.82, 2.24) is 4.90 Å². The lowest BCUT2D eigenvalue weighted by Gasteiger charge is -2.21. The average molecular weight is 371 g/mol. The molecule has 7 heteroatoms. The van der Waals surface area contributed by atoms with Gasteiger partial charge >= 0.3 is 0 Å². The molecular weight excluding hydrogens is 344 g/mol. The van der Waals surface area contributed by atoms with Crippen molar-refractivity contribution in [1.29, 1.82) is 0 Å². The molecule has 0 spiro atoms. The third kappa shape index (κ3) is 6.82. The van der Waals surface area contributed by atoms with Crippen LogP contribution in [0.2, 0.25) is 5.02 Å². The number of nitrogens with zero attached hydrogens (tertiary/aromatic N) is 1. The summed E-state index contributed by atoms with van der Waals surface area (Å²) in [6, 6.07) is 3.20. The Balaban J connectivity index is 2.68. The van der Waals surface area contributed by atoms with Gasteiger partial charge in [0.1, 0.15) is 11.5 Å². The fourth-order valence-corrected chi connectivity index (χ4v) is 2.62. The van der Waals surface area contributed by atoms with Crippen molar-refractivity contribution in [2.75, 3.05) is 32.6 Å². The van der Waals surface area contributed by atoms with Gasteiger partial charge in [-0.3, -0.25) is 9.59 Å². The molecule has 0 unspecified atom stereocenters. The molecule has 0 aliphatic carbocycles. The molecule has 2 amide bonds. The summed E-state index contributed by atoms with van der Waals surface area (Å²) in [4.78, 5) is 25.6. The van der Waals surface area contributed by atoms with Crippen LogP contribution in [0.25, 0.3) is 0 Å². The SMILES string of the molecule is CCCCCN(CCC(=O)Nc1cc(OC)c(Cl)cc1OC)C(C)=O. The number of carbonyl (C=O) groups is 2. The third-order valence-electron chi connectivity index (χ3n) is 3.83. The van der Waals surface area contributed by atoms with E-state index in [9.17, 15) is 9.59 Å². The summed E-state index contributed by atoms with van der Waals surface area (Å²) in [5, 5.41) is 3.18. The fourth-order valence-electron chi connectivity index (χ4n) is 2.39. The molecule has 0 aromatic heterocycles. The van der Waals surface area contributed by atoms with Crippen LogP contribution in [0.1, 0.15) is 39.5 Å². The van der Waals surface area contributed by atoms with Gasteiger partial charge in [0, 0.05) is 38.6 Å². The molecule has 0 aliphatic rings. The minimum atomic E-state index is -0.204. The number of ether oxygens (including phenoxy) is 2. The highest BCUT2D eigenvalue weighted by Gasteiger charge is 2.14. The molecule has 1 rings (SSSR count). The number of methoxy groups -OCH3 is 2. The van der Waals surface area contributed by atoms with E-state index < -0.39 is 0 Å². The molecule has 0 saturated carbocycles. The van der Waals surface area contributed by atoms with Crippen LogP contribution >= 0.6 is 11.6 Å². The number of carbonyl (C=O) groups excluding carboxylic acids is 2. The Labute approximate surface area is 154 Å². The van der Waals surface area contributed by atoms with Crippen molar-refractivity contribution in [3.8, 4) is 11.5 Å². The van der Waals surface area contributed by atoms with Crippen LogP contribution in [0.3, 0.4) is 0 Å². The molecule has 0 atom stereocenters. The maximum absolute atomic E-state index is 12.2. The Morgan fingerprint density at radius 3 is 2.36 bits per heavy atom. The van der Waals surface area contributed by atoms with Crippen LogP contribution in [-0.4, -0.2) is 44.0 Å². The maximum atomic E-state index is 12.2. The highest BCUT2D eigenvalue weighted by atomic mass is 35.5. The minimum absolute atomic E-state index is 0.0188. The van der Waals surface area contributed by atoms with Gasteiger partial charge in [0.15, 0.2) is 0 Å². The normalized spacial score (nSPS) is 10.3. The number of hydrogen-bond donors (Lipinski definition) is 1. The van der Waals surface area contributed by atoms with E-state index in [4.69, 9.17) is 21.1 Å². The Morgan fingerprint density at radius 2 is 1.80 bits per heavy atom. The van der Waals surface area contributed by atoms with Gasteiger partial charge in [-0.1, -0.05) is 31.4 Å². The van der Waals surface area contributed by atoms with Crippen LogP contribution in [0.5, 0.6) is 11.5 Å². The topological polar surface area (TPSA) is 67.9 Å². The largest absolute Gasteiger partial charge is 0.495 e. The van der Waals surface area contributed by atoms with Crippen molar-refractivity contribution in [3.05, 3.63) is 17.2 Å². The summed E-state index contributed by atoms with van der Waals surface area (Å²) in [6.07, 6.45) is 3.31. The lowest BCUT2D eigenvalue weighted by molar-refractivity contribution is -0.129. The van der Waals surface area contributed by atoms with Crippen LogP contribution in [0.15, 0.2) is 12.1 Å². The lowest BCUT2D eigenvalue weighted by Crippen LogP contribution is -2.32. The lowest BCUT2D eigenvalue weighted by atomic mass is 10.2. The first-order valence-electron chi connectivity index (χ1n) is 8.39. The second-order valence-electron chi connectivity index (χ2n) is 5.70. The van der Waals surface area contributed by atoms with Gasteiger partial charge in [0.05, 0.1) is 24.9 Å². The molecule has 0 saturated heterocycles. The van der Waals surface area contributed by atoms with Crippen LogP contribution in [-0.2, 0) is 9.59 Å². The summed E-state index contributed by atoms with van der Waals surface area (Å²) < 4.78 is 10.4. The van der Waals surface area contributed by atoms with Gasteiger partial charge < -0.3 is 19.7 Å². The summed E-state index contributed by atoms with van der Waals surface area (Å²) in [7, 11) is 3.00. The van der Waals surface area contributed by atoms with Gasteiger partial charge in [-0.05, 0) is 6.42 Å². The van der Waals surface area contributed by atoms with E-state index in [1.165, 1.54) is 21.1 Å². The molecule has 0 fully saturated rings. The first kappa shape index (κ1) is 21.1. The van der Waals surface area contributed by atoms with Gasteiger partial charge in [-0.25, -0.2) is 0 Å². The molecule has 0 bridgehead atoms. The number of amides is 2. The molecule has 140 valence electrons. The highest BCUT2D eigenvalue weighted by molar-refractivity contribution is 6.32. The summed E-state index contributed by atoms with van der Waals surface area (Å²) in [6.45, 7) is 4.70. The van der Waals surface area contributed by atoms with E-state index in [1.54, 1.807) is 17.0 Å². The van der Waals surface area contributed by atoms with Gasteiger partial charge in [0.2, 0.25) is 11.8 Å². The van der Waals surface area contributed by atoms with Crippen molar-refractivity contribution in [2.24, 2.45) is 0 Å². The zero-order valence-electron chi connectivity index (χ0n) is 15.4. The zero-order chi connectivity index (χ0) is 18.8. The van der Waals surface area contributed by atoms with Crippen LogP contribution < -0.4 is 14.8 Å². The number of hydrogen-bond acceptors (Lipinski definition) is 4. The Kier molecular flexibility index (Phi) is 9.13. The smallest absolute Gasteiger partial charge is 0.226 e. The number of rotatable bonds is 10. The molecule has 0 heterocycles. The number of benzene rings is 1. The van der Waals surface area contributed by atoms with Crippen LogP contribution in [0.4, 0.5) is 5.69 Å². The standard InChI is InChI=1S/C18H27ClN2O4/c1-5-6-7-9-21(13(2)22)10-8-18(23)20-15-12-16(24-3)14(19)11-17(15)25-4/h11-12H,5-10H2,1-4H3,(H,20,23). The van der Waals surface area contributed by atoms with E-state index in [-0.39, 0.29) is 18.2 Å². The monoisotopic (exact) mass is 370 g/mol. The van der Waals surface area contributed by atoms with Crippen molar-refractivity contribution >= 4 is 29.1 Å². The van der Waals surface area contributed by atoms with Crippen molar-refractivity contribution < 1.29 is 19.1 Å². The Hall–Kier alpha value is -1.95. The zero-order valence-corrected chi connectivity index (χ0v) is 16.1. The fraction of sp³-hybridized carbons (Fsp3) is 0.556. The molecule has 1 aromatic rings. The number of nitrogens with one attached hydrogen (secondary N) is 1. The minimum Gasteiger partial charge on any atom is -0.495 e. The molecule has 0 radical (unpaired) electrons. The molecule has 0 aliphatic heterocycles. The Morgan fingerprint density at radius 1 is 1.12 bits per heavy atom. The first-order valence-corrected chi connectivity index (χ1v) is 8.77. The highest BCUT2D eigenvalue weighted by Crippen LogP contribution is 2.35. The van der Waals surface area contributed by atoms with Gasteiger partial charge in [-0.15, -0.1) is 0 Å².